The predicted molar refractivity (Wildman–Crippen MR) is 197 cm³/mol. The Bertz CT molecular complexity index is 1980. The van der Waals surface area contributed by atoms with E-state index in [0.717, 1.165) is 11.1 Å². The zero-order chi connectivity index (χ0) is 36.2. The van der Waals surface area contributed by atoms with Crippen molar-refractivity contribution in [1.82, 2.24) is 0 Å². The molecule has 0 radical (unpaired) electrons. The lowest BCUT2D eigenvalue weighted by molar-refractivity contribution is -0.141. The van der Waals surface area contributed by atoms with Crippen LogP contribution < -0.4 is 29.6 Å². The van der Waals surface area contributed by atoms with Gasteiger partial charge in [-0.15, -0.1) is 0 Å². The summed E-state index contributed by atoms with van der Waals surface area (Å²) in [7, 11) is 4.51. The van der Waals surface area contributed by atoms with Gasteiger partial charge in [-0.2, -0.15) is 0 Å². The molecule has 51 heavy (non-hydrogen) atoms. The Labute approximate surface area is 296 Å². The number of carbonyl (C=O) groups excluding carboxylic acids is 3. The predicted octanol–water partition coefficient (Wildman–Crippen LogP) is 7.75. The third kappa shape index (κ3) is 9.12. The largest absolute Gasteiger partial charge is 0.494 e. The monoisotopic (exact) mass is 686 g/mol. The van der Waals surface area contributed by atoms with Crippen LogP contribution in [0, 0.1) is 0 Å². The van der Waals surface area contributed by atoms with Gasteiger partial charge in [0.25, 0.3) is 11.8 Å². The number of anilines is 2. The first-order valence-electron chi connectivity index (χ1n) is 16.1. The fourth-order valence-corrected chi connectivity index (χ4v) is 5.27. The van der Waals surface area contributed by atoms with Gasteiger partial charge in [0.15, 0.2) is 18.1 Å². The van der Waals surface area contributed by atoms with E-state index >= 15 is 0 Å². The molecule has 0 aliphatic rings. The number of ether oxygens (including phenoxy) is 5. The maximum atomic E-state index is 13.7. The van der Waals surface area contributed by atoms with Gasteiger partial charge in [-0.25, -0.2) is 4.79 Å². The van der Waals surface area contributed by atoms with Crippen molar-refractivity contribution in [2.24, 2.45) is 0 Å². The lowest BCUT2D eigenvalue weighted by atomic mass is 9.98. The number of hydrogen-bond acceptors (Lipinski definition) is 8. The van der Waals surface area contributed by atoms with Gasteiger partial charge in [0.05, 0.1) is 44.8 Å². The van der Waals surface area contributed by atoms with Gasteiger partial charge >= 0.3 is 5.97 Å². The van der Waals surface area contributed by atoms with Crippen LogP contribution in [0.5, 0.6) is 23.0 Å². The normalized spacial score (nSPS) is 10.9. The summed E-state index contributed by atoms with van der Waals surface area (Å²) in [4.78, 5) is 40.0. The van der Waals surface area contributed by atoms with Crippen LogP contribution in [-0.4, -0.2) is 52.3 Å². The maximum absolute atomic E-state index is 13.7. The highest BCUT2D eigenvalue weighted by Crippen LogP contribution is 2.39. The Morgan fingerprint density at radius 2 is 1.31 bits per heavy atom. The highest BCUT2D eigenvalue weighted by Gasteiger charge is 2.20. The number of carbonyl (C=O) groups is 3. The summed E-state index contributed by atoms with van der Waals surface area (Å²) in [5.74, 6) is 0.0901. The molecule has 5 aromatic carbocycles. The first-order valence-corrected chi connectivity index (χ1v) is 16.1. The molecule has 2 N–H and O–H groups in total. The van der Waals surface area contributed by atoms with E-state index in [2.05, 4.69) is 10.6 Å². The molecule has 10 heteroatoms. The van der Waals surface area contributed by atoms with E-state index in [1.54, 1.807) is 66.7 Å². The Morgan fingerprint density at radius 1 is 0.686 bits per heavy atom. The molecule has 5 rings (SSSR count). The zero-order valence-electron chi connectivity index (χ0n) is 28.7. The highest BCUT2D eigenvalue weighted by atomic mass is 16.5. The Balaban J connectivity index is 1.35. The van der Waals surface area contributed by atoms with Gasteiger partial charge in [-0.1, -0.05) is 66.7 Å². The molecular weight excluding hydrogens is 648 g/mol. The molecule has 0 aliphatic carbocycles. The number of para-hydroxylation sites is 1. The SMILES string of the molecule is CCOc1ccc(NC(=O)c2ccccc2NC(=O)COC(=O)/C(=C/c2cc(OC)c(OC)c(OC)c2)c2ccc(-c3ccccc3)cc2)cc1. The van der Waals surface area contributed by atoms with Gasteiger partial charge in [-0.05, 0) is 83.8 Å². The standard InChI is InChI=1S/C41H38N2O8/c1-5-50-32-21-19-31(20-22-32)42-40(45)33-13-9-10-14-35(33)43-38(44)26-51-41(46)34(23-27-24-36(47-2)39(49-4)37(25-27)48-3)30-17-15-29(16-18-30)28-11-7-6-8-12-28/h6-25H,5,26H2,1-4H3,(H,42,45)(H,43,44)/b34-23+. The third-order valence-electron chi connectivity index (χ3n) is 7.72. The molecule has 0 aliphatic heterocycles. The molecule has 0 unspecified atom stereocenters. The van der Waals surface area contributed by atoms with Gasteiger partial charge in [-0.3, -0.25) is 9.59 Å². The maximum Gasteiger partial charge on any atom is 0.339 e. The molecule has 0 heterocycles. The number of rotatable bonds is 14. The molecule has 0 atom stereocenters. The van der Waals surface area contributed by atoms with Gasteiger partial charge in [0, 0.05) is 5.69 Å². The summed E-state index contributed by atoms with van der Waals surface area (Å²) < 4.78 is 27.5. The molecule has 0 saturated carbocycles. The summed E-state index contributed by atoms with van der Waals surface area (Å²) in [5, 5.41) is 5.51. The van der Waals surface area contributed by atoms with E-state index in [1.807, 2.05) is 61.5 Å². The lowest BCUT2D eigenvalue weighted by Crippen LogP contribution is -2.23. The van der Waals surface area contributed by atoms with Crippen LogP contribution in [0.2, 0.25) is 0 Å². The molecule has 0 spiro atoms. The average molecular weight is 687 g/mol. The number of benzene rings is 5. The van der Waals surface area contributed by atoms with Crippen LogP contribution in [0.1, 0.15) is 28.4 Å². The zero-order valence-corrected chi connectivity index (χ0v) is 28.7. The molecule has 0 aromatic heterocycles. The smallest absolute Gasteiger partial charge is 0.339 e. The van der Waals surface area contributed by atoms with Crippen molar-refractivity contribution in [1.29, 1.82) is 0 Å². The van der Waals surface area contributed by atoms with Crippen LogP contribution in [0.15, 0.2) is 115 Å². The van der Waals surface area contributed by atoms with Crippen LogP contribution in [0.3, 0.4) is 0 Å². The quantitative estimate of drug-likeness (QED) is 0.0691. The van der Waals surface area contributed by atoms with E-state index < -0.39 is 24.4 Å². The molecule has 0 fully saturated rings. The lowest BCUT2D eigenvalue weighted by Gasteiger charge is -2.14. The van der Waals surface area contributed by atoms with E-state index in [0.29, 0.717) is 46.4 Å². The van der Waals surface area contributed by atoms with E-state index in [-0.39, 0.29) is 16.8 Å². The van der Waals surface area contributed by atoms with Gasteiger partial charge in [0.1, 0.15) is 5.75 Å². The fourth-order valence-electron chi connectivity index (χ4n) is 5.27. The van der Waals surface area contributed by atoms with Crippen LogP contribution >= 0.6 is 0 Å². The number of hydrogen-bond donors (Lipinski definition) is 2. The van der Waals surface area contributed by atoms with Gasteiger partial charge in [0.2, 0.25) is 5.75 Å². The Kier molecular flexibility index (Phi) is 12.1. The fraction of sp³-hybridized carbons (Fsp3) is 0.146. The number of nitrogens with one attached hydrogen (secondary N) is 2. The minimum absolute atomic E-state index is 0.187. The van der Waals surface area contributed by atoms with E-state index in [9.17, 15) is 14.4 Å². The molecule has 0 bridgehead atoms. The molecule has 2 amide bonds. The number of methoxy groups -OCH3 is 3. The minimum atomic E-state index is -0.743. The second-order valence-electron chi connectivity index (χ2n) is 11.0. The summed E-state index contributed by atoms with van der Waals surface area (Å²) in [6.45, 7) is 1.81. The molecule has 0 saturated heterocycles. The van der Waals surface area contributed by atoms with Gasteiger partial charge < -0.3 is 34.3 Å². The minimum Gasteiger partial charge on any atom is -0.494 e. The van der Waals surface area contributed by atoms with Crippen molar-refractivity contribution in [3.05, 3.63) is 132 Å². The Hall–Kier alpha value is -6.55. The second-order valence-corrected chi connectivity index (χ2v) is 11.0. The van der Waals surface area contributed by atoms with Crippen LogP contribution in [-0.2, 0) is 14.3 Å². The Morgan fingerprint density at radius 3 is 1.94 bits per heavy atom. The first-order chi connectivity index (χ1) is 24.8. The number of esters is 1. The van der Waals surface area contributed by atoms with Crippen LogP contribution in [0.25, 0.3) is 22.8 Å². The summed E-state index contributed by atoms with van der Waals surface area (Å²) in [5.41, 5.74) is 4.34. The summed E-state index contributed by atoms with van der Waals surface area (Å²) in [6.07, 6.45) is 1.63. The summed E-state index contributed by atoms with van der Waals surface area (Å²) in [6, 6.07) is 34.2. The summed E-state index contributed by atoms with van der Waals surface area (Å²) >= 11 is 0. The van der Waals surface area contributed by atoms with Crippen molar-refractivity contribution in [2.45, 2.75) is 6.92 Å². The van der Waals surface area contributed by atoms with Crippen molar-refractivity contribution in [3.63, 3.8) is 0 Å². The van der Waals surface area contributed by atoms with Crippen molar-refractivity contribution in [2.75, 3.05) is 45.2 Å². The topological polar surface area (TPSA) is 121 Å². The van der Waals surface area contributed by atoms with Crippen molar-refractivity contribution < 1.29 is 38.1 Å². The van der Waals surface area contributed by atoms with E-state index in [1.165, 1.54) is 21.3 Å². The van der Waals surface area contributed by atoms with Crippen LogP contribution in [0.4, 0.5) is 11.4 Å². The first kappa shape index (κ1) is 35.7. The average Bonchev–Trinajstić information content (AvgIpc) is 3.17. The highest BCUT2D eigenvalue weighted by molar-refractivity contribution is 6.22. The second kappa shape index (κ2) is 17.2. The molecule has 5 aromatic rings. The van der Waals surface area contributed by atoms with Crippen molar-refractivity contribution in [3.8, 4) is 34.1 Å². The molecule has 10 nitrogen and oxygen atoms in total. The third-order valence-corrected chi connectivity index (χ3v) is 7.72. The van der Waals surface area contributed by atoms with Crippen molar-refractivity contribution >= 4 is 40.8 Å². The number of amides is 2. The molecule has 260 valence electrons. The van der Waals surface area contributed by atoms with E-state index in [4.69, 9.17) is 23.7 Å². The molecular formula is C41H38N2O8.